The van der Waals surface area contributed by atoms with Crippen LogP contribution in [0.1, 0.15) is 19.7 Å². The van der Waals surface area contributed by atoms with E-state index in [-0.39, 0.29) is 6.03 Å². The van der Waals surface area contributed by atoms with Crippen molar-refractivity contribution in [3.8, 4) is 0 Å². The lowest BCUT2D eigenvalue weighted by Crippen LogP contribution is -2.44. The van der Waals surface area contributed by atoms with Gasteiger partial charge in [-0.25, -0.2) is 14.8 Å². The van der Waals surface area contributed by atoms with Crippen LogP contribution >= 0.6 is 0 Å². The summed E-state index contributed by atoms with van der Waals surface area (Å²) < 4.78 is 0. The molecule has 156 valence electrons. The Hall–Kier alpha value is -2.87. The molecule has 0 saturated carbocycles. The van der Waals surface area contributed by atoms with Crippen LogP contribution in [0, 0.1) is 12.8 Å². The van der Waals surface area contributed by atoms with Crippen molar-refractivity contribution in [2.45, 2.75) is 20.8 Å². The Kier molecular flexibility index (Phi) is 6.87. The molecular weight excluding hydrogens is 366 g/mol. The van der Waals surface area contributed by atoms with E-state index in [1.165, 1.54) is 0 Å². The van der Waals surface area contributed by atoms with Gasteiger partial charge in [-0.2, -0.15) is 0 Å². The highest BCUT2D eigenvalue weighted by molar-refractivity contribution is 5.89. The first-order valence-electron chi connectivity index (χ1n) is 10.1. The summed E-state index contributed by atoms with van der Waals surface area (Å²) in [6.07, 6.45) is 0. The van der Waals surface area contributed by atoms with E-state index >= 15 is 0 Å². The van der Waals surface area contributed by atoms with Gasteiger partial charge < -0.3 is 25.8 Å². The molecule has 1 fully saturated rings. The summed E-state index contributed by atoms with van der Waals surface area (Å²) in [6.45, 7) is 10.6. The lowest BCUT2D eigenvalue weighted by atomic mass is 10.2. The second-order valence-corrected chi connectivity index (χ2v) is 7.88. The minimum absolute atomic E-state index is 0.203. The highest BCUT2D eigenvalue weighted by Gasteiger charge is 2.16. The van der Waals surface area contributed by atoms with Crippen LogP contribution in [0.5, 0.6) is 0 Å². The number of nitrogens with one attached hydrogen (secondary N) is 3. The maximum Gasteiger partial charge on any atom is 0.319 e. The quantitative estimate of drug-likeness (QED) is 0.695. The number of hydrogen-bond donors (Lipinski definition) is 3. The van der Waals surface area contributed by atoms with Crippen molar-refractivity contribution in [3.05, 3.63) is 36.2 Å². The molecule has 8 nitrogen and oxygen atoms in total. The average molecular weight is 398 g/mol. The van der Waals surface area contributed by atoms with E-state index in [0.717, 1.165) is 55.0 Å². The lowest BCUT2D eigenvalue weighted by molar-refractivity contribution is 0.251. The minimum atomic E-state index is -0.203. The Labute approximate surface area is 172 Å². The molecule has 1 aliphatic rings. The predicted octanol–water partition coefficient (Wildman–Crippen LogP) is 3.06. The molecule has 1 aromatic carbocycles. The number of carbonyl (C=O) groups excluding carboxylic acids is 1. The largest absolute Gasteiger partial charge is 0.354 e. The zero-order valence-corrected chi connectivity index (χ0v) is 17.7. The normalized spacial score (nSPS) is 14.7. The second kappa shape index (κ2) is 9.56. The van der Waals surface area contributed by atoms with Gasteiger partial charge in [-0.1, -0.05) is 19.9 Å². The van der Waals surface area contributed by atoms with Gasteiger partial charge in [0.1, 0.15) is 17.5 Å². The van der Waals surface area contributed by atoms with Crippen LogP contribution in [-0.4, -0.2) is 60.7 Å². The molecule has 0 bridgehead atoms. The lowest BCUT2D eigenvalue weighted by Gasteiger charge is -2.33. The number of likely N-dealkylation sites (N-methyl/N-ethyl adjacent to an activating group) is 1. The number of anilines is 4. The number of carbonyl (C=O) groups is 1. The molecule has 8 heteroatoms. The van der Waals surface area contributed by atoms with E-state index in [1.54, 1.807) is 0 Å². The highest BCUT2D eigenvalue weighted by atomic mass is 16.2. The van der Waals surface area contributed by atoms with Gasteiger partial charge in [-0.15, -0.1) is 0 Å². The van der Waals surface area contributed by atoms with Gasteiger partial charge in [-0.3, -0.25) is 0 Å². The number of amides is 2. The van der Waals surface area contributed by atoms with Crippen LogP contribution in [0.2, 0.25) is 0 Å². The average Bonchev–Trinajstić information content (AvgIpc) is 2.67. The smallest absolute Gasteiger partial charge is 0.319 e. The maximum atomic E-state index is 12.0. The first-order chi connectivity index (χ1) is 13.9. The zero-order valence-electron chi connectivity index (χ0n) is 17.7. The fourth-order valence-electron chi connectivity index (χ4n) is 3.11. The molecule has 1 saturated heterocycles. The second-order valence-electron chi connectivity index (χ2n) is 7.88. The van der Waals surface area contributed by atoms with Gasteiger partial charge in [0.25, 0.3) is 0 Å². The molecule has 0 radical (unpaired) electrons. The fourth-order valence-corrected chi connectivity index (χ4v) is 3.11. The molecule has 3 rings (SSSR count). The Morgan fingerprint density at radius 1 is 1.10 bits per heavy atom. The Bertz CT molecular complexity index is 832. The SMILES string of the molecule is Cc1nc(Nc2cccc(NC(=O)NCC(C)C)c2)cc(N2CCN(C)CC2)n1. The number of piperazine rings is 1. The summed E-state index contributed by atoms with van der Waals surface area (Å²) in [4.78, 5) is 25.7. The van der Waals surface area contributed by atoms with Gasteiger partial charge in [0.15, 0.2) is 0 Å². The van der Waals surface area contributed by atoms with E-state index in [0.29, 0.717) is 12.5 Å². The van der Waals surface area contributed by atoms with Gasteiger partial charge in [-0.05, 0) is 38.1 Å². The molecule has 2 aromatic rings. The number of hydrogen-bond acceptors (Lipinski definition) is 6. The molecule has 1 aliphatic heterocycles. The number of rotatable bonds is 6. The molecule has 0 aliphatic carbocycles. The highest BCUT2D eigenvalue weighted by Crippen LogP contribution is 2.22. The minimum Gasteiger partial charge on any atom is -0.354 e. The van der Waals surface area contributed by atoms with E-state index in [9.17, 15) is 4.79 Å². The van der Waals surface area contributed by atoms with Crippen LogP contribution in [0.15, 0.2) is 30.3 Å². The third-order valence-corrected chi connectivity index (χ3v) is 4.72. The first kappa shape index (κ1) is 20.9. The van der Waals surface area contributed by atoms with E-state index in [2.05, 4.69) is 56.6 Å². The molecule has 2 heterocycles. The fraction of sp³-hybridized carbons (Fsp3) is 0.476. The Morgan fingerprint density at radius 2 is 1.83 bits per heavy atom. The van der Waals surface area contributed by atoms with E-state index in [4.69, 9.17) is 0 Å². The number of benzene rings is 1. The number of urea groups is 1. The Balaban J connectivity index is 1.67. The molecule has 0 spiro atoms. The van der Waals surface area contributed by atoms with Crippen molar-refractivity contribution in [3.63, 3.8) is 0 Å². The van der Waals surface area contributed by atoms with Crippen molar-refractivity contribution in [2.24, 2.45) is 5.92 Å². The third-order valence-electron chi connectivity index (χ3n) is 4.72. The van der Waals surface area contributed by atoms with Crippen molar-refractivity contribution < 1.29 is 4.79 Å². The molecule has 3 N–H and O–H groups in total. The summed E-state index contributed by atoms with van der Waals surface area (Å²) in [5.74, 6) is 2.82. The monoisotopic (exact) mass is 397 g/mol. The van der Waals surface area contributed by atoms with Crippen LogP contribution in [0.25, 0.3) is 0 Å². The van der Waals surface area contributed by atoms with Crippen molar-refractivity contribution >= 4 is 29.0 Å². The molecule has 1 aromatic heterocycles. The number of aromatic nitrogens is 2. The van der Waals surface area contributed by atoms with E-state index in [1.807, 2.05) is 37.3 Å². The molecule has 0 unspecified atom stereocenters. The van der Waals surface area contributed by atoms with Crippen LogP contribution in [-0.2, 0) is 0 Å². The number of aryl methyl sites for hydroxylation is 1. The predicted molar refractivity (Wildman–Crippen MR) is 118 cm³/mol. The number of nitrogens with zero attached hydrogens (tertiary/aromatic N) is 4. The summed E-state index contributed by atoms with van der Waals surface area (Å²) in [5.41, 5.74) is 1.58. The van der Waals surface area contributed by atoms with Crippen LogP contribution in [0.3, 0.4) is 0 Å². The van der Waals surface area contributed by atoms with Crippen LogP contribution in [0.4, 0.5) is 27.8 Å². The van der Waals surface area contributed by atoms with Gasteiger partial charge in [0.2, 0.25) is 0 Å². The van der Waals surface area contributed by atoms with Crippen molar-refractivity contribution in [1.82, 2.24) is 20.2 Å². The summed E-state index contributed by atoms with van der Waals surface area (Å²) in [7, 11) is 2.14. The molecule has 2 amide bonds. The molecule has 0 atom stereocenters. The van der Waals surface area contributed by atoms with E-state index < -0.39 is 0 Å². The van der Waals surface area contributed by atoms with Crippen molar-refractivity contribution in [2.75, 3.05) is 55.3 Å². The summed E-state index contributed by atoms with van der Waals surface area (Å²) in [6, 6.07) is 9.38. The summed E-state index contributed by atoms with van der Waals surface area (Å²) >= 11 is 0. The van der Waals surface area contributed by atoms with Crippen LogP contribution < -0.4 is 20.9 Å². The third kappa shape index (κ3) is 6.32. The molecule has 29 heavy (non-hydrogen) atoms. The van der Waals surface area contributed by atoms with Gasteiger partial charge in [0.05, 0.1) is 0 Å². The van der Waals surface area contributed by atoms with Gasteiger partial charge >= 0.3 is 6.03 Å². The maximum absolute atomic E-state index is 12.0. The Morgan fingerprint density at radius 3 is 2.55 bits per heavy atom. The van der Waals surface area contributed by atoms with Crippen molar-refractivity contribution in [1.29, 1.82) is 0 Å². The summed E-state index contributed by atoms with van der Waals surface area (Å²) in [5, 5.41) is 9.06. The molecular formula is C21H31N7O. The zero-order chi connectivity index (χ0) is 20.8. The van der Waals surface area contributed by atoms with Gasteiger partial charge in [0, 0.05) is 50.2 Å². The first-order valence-corrected chi connectivity index (χ1v) is 10.1. The topological polar surface area (TPSA) is 85.4 Å². The standard InChI is InChI=1S/C21H31N7O/c1-15(2)14-22-21(29)26-18-7-5-6-17(12-18)25-19-13-20(24-16(3)23-19)28-10-8-27(4)9-11-28/h5-7,12-13,15H,8-11,14H2,1-4H3,(H2,22,26,29)(H,23,24,25).